The highest BCUT2D eigenvalue weighted by atomic mass is 19.1. The second-order valence-electron chi connectivity index (χ2n) is 5.70. The summed E-state index contributed by atoms with van der Waals surface area (Å²) in [5.74, 6) is 2.81. The fourth-order valence-electron chi connectivity index (χ4n) is 3.62. The van der Waals surface area contributed by atoms with Crippen LogP contribution in [0.4, 0.5) is 4.39 Å². The highest BCUT2D eigenvalue weighted by Gasteiger charge is 2.30. The summed E-state index contributed by atoms with van der Waals surface area (Å²) in [7, 11) is 0. The van der Waals surface area contributed by atoms with Gasteiger partial charge in [0.2, 0.25) is 0 Å². The van der Waals surface area contributed by atoms with Crippen molar-refractivity contribution in [1.29, 1.82) is 0 Å². The predicted molar refractivity (Wildman–Crippen MR) is 62.6 cm³/mol. The minimum atomic E-state index is -0.478. The molecule has 2 fully saturated rings. The van der Waals surface area contributed by atoms with Crippen LogP contribution >= 0.6 is 0 Å². The Hall–Kier alpha value is -0.0700. The van der Waals surface area contributed by atoms with Crippen molar-refractivity contribution in [3.05, 3.63) is 0 Å². The molecule has 15 heavy (non-hydrogen) atoms. The first kappa shape index (κ1) is 11.4. The standard InChI is InChI=1S/C14H25F/c1-2-11-3-5-12(6-4-11)13-7-9-14(15)10-8-13/h11-14H,2-10H2,1H3. The zero-order valence-electron chi connectivity index (χ0n) is 10.1. The molecule has 2 rings (SSSR count). The van der Waals surface area contributed by atoms with E-state index >= 15 is 0 Å². The van der Waals surface area contributed by atoms with E-state index in [9.17, 15) is 4.39 Å². The number of rotatable bonds is 2. The molecule has 0 aromatic rings. The van der Waals surface area contributed by atoms with Crippen molar-refractivity contribution < 1.29 is 4.39 Å². The van der Waals surface area contributed by atoms with E-state index in [0.717, 1.165) is 30.6 Å². The normalized spacial score (nSPS) is 42.8. The molecule has 0 N–H and O–H groups in total. The molecule has 2 aliphatic rings. The van der Waals surface area contributed by atoms with Crippen LogP contribution in [0.1, 0.15) is 64.7 Å². The summed E-state index contributed by atoms with van der Waals surface area (Å²) in [5, 5.41) is 0. The van der Waals surface area contributed by atoms with Gasteiger partial charge < -0.3 is 0 Å². The quantitative estimate of drug-likeness (QED) is 0.620. The number of hydrogen-bond acceptors (Lipinski definition) is 0. The van der Waals surface area contributed by atoms with Gasteiger partial charge in [-0.15, -0.1) is 0 Å². The summed E-state index contributed by atoms with van der Waals surface area (Å²) in [6.07, 6.45) is 10.7. The first-order valence-electron chi connectivity index (χ1n) is 6.93. The van der Waals surface area contributed by atoms with Crippen molar-refractivity contribution in [1.82, 2.24) is 0 Å². The molecule has 0 radical (unpaired) electrons. The molecule has 0 bridgehead atoms. The maximum Gasteiger partial charge on any atom is 0.100 e. The summed E-state index contributed by atoms with van der Waals surface area (Å²) in [5.41, 5.74) is 0. The van der Waals surface area contributed by atoms with E-state index < -0.39 is 6.17 Å². The van der Waals surface area contributed by atoms with Crippen molar-refractivity contribution >= 4 is 0 Å². The summed E-state index contributed by atoms with van der Waals surface area (Å²) in [6, 6.07) is 0. The van der Waals surface area contributed by atoms with Gasteiger partial charge in [0.1, 0.15) is 6.17 Å². The van der Waals surface area contributed by atoms with Gasteiger partial charge in [0, 0.05) is 0 Å². The smallest absolute Gasteiger partial charge is 0.100 e. The molecule has 0 spiro atoms. The zero-order valence-corrected chi connectivity index (χ0v) is 10.1. The molecule has 0 aromatic heterocycles. The van der Waals surface area contributed by atoms with Gasteiger partial charge in [-0.3, -0.25) is 0 Å². The lowest BCUT2D eigenvalue weighted by atomic mass is 9.70. The molecule has 0 heterocycles. The van der Waals surface area contributed by atoms with Gasteiger partial charge in [0.15, 0.2) is 0 Å². The maximum atomic E-state index is 13.0. The molecule has 0 nitrogen and oxygen atoms in total. The average molecular weight is 212 g/mol. The maximum absolute atomic E-state index is 13.0. The molecule has 2 saturated carbocycles. The average Bonchev–Trinajstić information content (AvgIpc) is 2.30. The van der Waals surface area contributed by atoms with Crippen LogP contribution in [0.5, 0.6) is 0 Å². The van der Waals surface area contributed by atoms with Crippen LogP contribution in [0, 0.1) is 17.8 Å². The van der Waals surface area contributed by atoms with Crippen molar-refractivity contribution in [3.8, 4) is 0 Å². The van der Waals surface area contributed by atoms with E-state index in [4.69, 9.17) is 0 Å². The van der Waals surface area contributed by atoms with Crippen LogP contribution in [-0.2, 0) is 0 Å². The van der Waals surface area contributed by atoms with Gasteiger partial charge in [-0.05, 0) is 56.3 Å². The van der Waals surface area contributed by atoms with Gasteiger partial charge in [-0.1, -0.05) is 26.2 Å². The molecule has 0 unspecified atom stereocenters. The second-order valence-corrected chi connectivity index (χ2v) is 5.70. The molecule has 0 aliphatic heterocycles. The lowest BCUT2D eigenvalue weighted by molar-refractivity contribution is 0.127. The molecule has 1 heteroatoms. The fourth-order valence-corrected chi connectivity index (χ4v) is 3.62. The molecular weight excluding hydrogens is 187 g/mol. The third-order valence-electron chi connectivity index (χ3n) is 4.84. The lowest BCUT2D eigenvalue weighted by Gasteiger charge is -2.36. The van der Waals surface area contributed by atoms with Crippen LogP contribution in [-0.4, -0.2) is 6.17 Å². The molecule has 0 saturated heterocycles. The molecule has 88 valence electrons. The fraction of sp³-hybridized carbons (Fsp3) is 1.00. The van der Waals surface area contributed by atoms with Crippen LogP contribution in [0.2, 0.25) is 0 Å². The predicted octanol–water partition coefficient (Wildman–Crippen LogP) is 4.73. The molecule has 0 aromatic carbocycles. The third kappa shape index (κ3) is 2.95. The molecule has 2 aliphatic carbocycles. The first-order chi connectivity index (χ1) is 7.29. The molecule has 0 amide bonds. The minimum absolute atomic E-state index is 0.478. The van der Waals surface area contributed by atoms with E-state index in [-0.39, 0.29) is 0 Å². The minimum Gasteiger partial charge on any atom is -0.247 e. The summed E-state index contributed by atoms with van der Waals surface area (Å²) in [4.78, 5) is 0. The summed E-state index contributed by atoms with van der Waals surface area (Å²) >= 11 is 0. The van der Waals surface area contributed by atoms with Gasteiger partial charge in [0.05, 0.1) is 0 Å². The summed E-state index contributed by atoms with van der Waals surface area (Å²) < 4.78 is 13.0. The van der Waals surface area contributed by atoms with Crippen molar-refractivity contribution in [2.75, 3.05) is 0 Å². The first-order valence-corrected chi connectivity index (χ1v) is 6.93. The van der Waals surface area contributed by atoms with Crippen molar-refractivity contribution in [2.45, 2.75) is 70.9 Å². The summed E-state index contributed by atoms with van der Waals surface area (Å²) in [6.45, 7) is 2.32. The number of hydrogen-bond donors (Lipinski definition) is 0. The topological polar surface area (TPSA) is 0 Å². The SMILES string of the molecule is CCC1CCC(C2CCC(F)CC2)CC1. The Morgan fingerprint density at radius 1 is 0.800 bits per heavy atom. The number of halogens is 1. The Labute approximate surface area is 93.6 Å². The van der Waals surface area contributed by atoms with Crippen LogP contribution < -0.4 is 0 Å². The van der Waals surface area contributed by atoms with Crippen LogP contribution in [0.3, 0.4) is 0 Å². The highest BCUT2D eigenvalue weighted by Crippen LogP contribution is 2.40. The monoisotopic (exact) mass is 212 g/mol. The second kappa shape index (κ2) is 5.32. The largest absolute Gasteiger partial charge is 0.247 e. The highest BCUT2D eigenvalue weighted by molar-refractivity contribution is 4.81. The van der Waals surface area contributed by atoms with Gasteiger partial charge in [-0.25, -0.2) is 4.39 Å². The van der Waals surface area contributed by atoms with E-state index in [1.807, 2.05) is 0 Å². The van der Waals surface area contributed by atoms with Gasteiger partial charge >= 0.3 is 0 Å². The lowest BCUT2D eigenvalue weighted by Crippen LogP contribution is -2.26. The Morgan fingerprint density at radius 2 is 1.27 bits per heavy atom. The van der Waals surface area contributed by atoms with E-state index in [0.29, 0.717) is 0 Å². The van der Waals surface area contributed by atoms with Gasteiger partial charge in [-0.2, -0.15) is 0 Å². The Bertz CT molecular complexity index is 174. The van der Waals surface area contributed by atoms with Gasteiger partial charge in [0.25, 0.3) is 0 Å². The van der Waals surface area contributed by atoms with E-state index in [1.54, 1.807) is 0 Å². The Balaban J connectivity index is 1.75. The molecular formula is C14H25F. The van der Waals surface area contributed by atoms with Crippen molar-refractivity contribution in [3.63, 3.8) is 0 Å². The Kier molecular flexibility index (Phi) is 4.05. The van der Waals surface area contributed by atoms with Crippen molar-refractivity contribution in [2.24, 2.45) is 17.8 Å². The van der Waals surface area contributed by atoms with E-state index in [2.05, 4.69) is 6.92 Å². The zero-order chi connectivity index (χ0) is 10.7. The van der Waals surface area contributed by atoms with Crippen LogP contribution in [0.15, 0.2) is 0 Å². The molecule has 0 atom stereocenters. The van der Waals surface area contributed by atoms with E-state index in [1.165, 1.54) is 44.9 Å². The van der Waals surface area contributed by atoms with Crippen LogP contribution in [0.25, 0.3) is 0 Å². The third-order valence-corrected chi connectivity index (χ3v) is 4.84. The number of alkyl halides is 1. The Morgan fingerprint density at radius 3 is 1.73 bits per heavy atom.